The fraction of sp³-hybridized carbons (Fsp3) is 0.714. The third kappa shape index (κ3) is 6.75. The number of hydrogen-bond acceptors (Lipinski definition) is 6. The molecule has 2 aliphatic rings. The highest BCUT2D eigenvalue weighted by Gasteiger charge is 2.38. The summed E-state index contributed by atoms with van der Waals surface area (Å²) in [6.07, 6.45) is -1.30. The first-order chi connectivity index (χ1) is 11.3. The van der Waals surface area contributed by atoms with Crippen LogP contribution in [0.15, 0.2) is 10.6 Å². The second kappa shape index (κ2) is 8.34. The van der Waals surface area contributed by atoms with Gasteiger partial charge in [-0.1, -0.05) is 0 Å². The zero-order valence-electron chi connectivity index (χ0n) is 12.8. The maximum atomic E-state index is 10.6. The van der Waals surface area contributed by atoms with Gasteiger partial charge in [0, 0.05) is 18.7 Å². The van der Waals surface area contributed by atoms with Crippen LogP contribution in [-0.2, 0) is 16.1 Å². The maximum Gasteiger partial charge on any atom is 0.490 e. The van der Waals surface area contributed by atoms with Gasteiger partial charge in [0.2, 0.25) is 0 Å². The lowest BCUT2D eigenvalue weighted by Gasteiger charge is -2.26. The Kier molecular flexibility index (Phi) is 6.44. The summed E-state index contributed by atoms with van der Waals surface area (Å²) in [5.41, 5.74) is 0. The van der Waals surface area contributed by atoms with Gasteiger partial charge in [0.15, 0.2) is 5.76 Å². The molecule has 1 aliphatic carbocycles. The monoisotopic (exact) mass is 352 g/mol. The Hall–Kier alpha value is -1.81. The smallest absolute Gasteiger partial charge is 0.475 e. The van der Waals surface area contributed by atoms with Crippen molar-refractivity contribution in [1.82, 2.24) is 10.5 Å². The fourth-order valence-electron chi connectivity index (χ4n) is 1.72. The SMILES string of the molecule is O=C(O)C(F)(F)F.c1c(OC[C@@H]2CCN2)noc1COCC1CC1. The highest BCUT2D eigenvalue weighted by Crippen LogP contribution is 2.29. The van der Waals surface area contributed by atoms with Gasteiger partial charge in [-0.2, -0.15) is 13.2 Å². The number of rotatable bonds is 7. The molecular weight excluding hydrogens is 333 g/mol. The minimum atomic E-state index is -5.08. The molecule has 1 saturated carbocycles. The van der Waals surface area contributed by atoms with Crippen LogP contribution in [0.3, 0.4) is 0 Å². The minimum Gasteiger partial charge on any atom is -0.475 e. The average molecular weight is 352 g/mol. The van der Waals surface area contributed by atoms with E-state index in [1.807, 2.05) is 6.07 Å². The standard InChI is InChI=1S/C12H18N2O3.C2HF3O2/c1-2-9(1)6-15-8-11-5-12(14-17-11)16-7-10-3-4-13-10;3-2(4,5)1(6)7/h5,9-10,13H,1-4,6-8H2;(H,6,7)/t10-;/m0./s1. The number of ether oxygens (including phenoxy) is 2. The number of nitrogens with one attached hydrogen (secondary N) is 1. The van der Waals surface area contributed by atoms with Gasteiger partial charge in [-0.25, -0.2) is 4.79 Å². The van der Waals surface area contributed by atoms with Gasteiger partial charge in [0.05, 0.1) is 0 Å². The molecular formula is C14H19F3N2O5. The summed E-state index contributed by atoms with van der Waals surface area (Å²) in [7, 11) is 0. The molecule has 0 bridgehead atoms. The Bertz CT molecular complexity index is 527. The van der Waals surface area contributed by atoms with Gasteiger partial charge in [-0.3, -0.25) is 0 Å². The molecule has 2 N–H and O–H groups in total. The van der Waals surface area contributed by atoms with E-state index in [1.54, 1.807) is 0 Å². The van der Waals surface area contributed by atoms with Gasteiger partial charge in [0.1, 0.15) is 13.2 Å². The second-order valence-corrected chi connectivity index (χ2v) is 5.64. The molecule has 1 aromatic heterocycles. The van der Waals surface area contributed by atoms with E-state index in [-0.39, 0.29) is 0 Å². The third-order valence-corrected chi connectivity index (χ3v) is 3.43. The molecule has 1 aromatic rings. The quantitative estimate of drug-likeness (QED) is 0.775. The number of carboxylic acid groups (broad SMARTS) is 1. The average Bonchev–Trinajstić information content (AvgIpc) is 3.16. The lowest BCUT2D eigenvalue weighted by Crippen LogP contribution is -2.46. The molecule has 7 nitrogen and oxygen atoms in total. The molecule has 1 atom stereocenters. The van der Waals surface area contributed by atoms with Crippen molar-refractivity contribution in [3.05, 3.63) is 11.8 Å². The number of aliphatic carboxylic acids is 1. The number of aromatic nitrogens is 1. The van der Waals surface area contributed by atoms with Crippen LogP contribution in [-0.4, -0.2) is 48.2 Å². The molecule has 0 aromatic carbocycles. The van der Waals surface area contributed by atoms with Gasteiger partial charge in [-0.15, -0.1) is 0 Å². The Morgan fingerprint density at radius 3 is 2.54 bits per heavy atom. The van der Waals surface area contributed by atoms with E-state index in [0.717, 1.165) is 24.8 Å². The van der Waals surface area contributed by atoms with E-state index in [2.05, 4.69) is 10.5 Å². The molecule has 0 radical (unpaired) electrons. The second-order valence-electron chi connectivity index (χ2n) is 5.64. The number of halogens is 3. The molecule has 24 heavy (non-hydrogen) atoms. The Labute approximate surface area is 136 Å². The summed E-state index contributed by atoms with van der Waals surface area (Å²) >= 11 is 0. The number of nitrogens with zero attached hydrogens (tertiary/aromatic N) is 1. The first-order valence-corrected chi connectivity index (χ1v) is 7.54. The highest BCUT2D eigenvalue weighted by atomic mass is 19.4. The number of carboxylic acids is 1. The van der Waals surface area contributed by atoms with Crippen LogP contribution in [0.4, 0.5) is 13.2 Å². The van der Waals surface area contributed by atoms with Gasteiger partial charge in [-0.05, 0) is 36.9 Å². The summed E-state index contributed by atoms with van der Waals surface area (Å²) in [6.45, 7) is 3.08. The third-order valence-electron chi connectivity index (χ3n) is 3.43. The topological polar surface area (TPSA) is 93.8 Å². The van der Waals surface area contributed by atoms with Crippen molar-refractivity contribution >= 4 is 5.97 Å². The first kappa shape index (κ1) is 18.5. The van der Waals surface area contributed by atoms with Crippen molar-refractivity contribution in [1.29, 1.82) is 0 Å². The van der Waals surface area contributed by atoms with Crippen molar-refractivity contribution < 1.29 is 37.1 Å². The number of carbonyl (C=O) groups is 1. The van der Waals surface area contributed by atoms with Crippen LogP contribution in [0.5, 0.6) is 5.88 Å². The fourth-order valence-corrected chi connectivity index (χ4v) is 1.72. The summed E-state index contributed by atoms with van der Waals surface area (Å²) < 4.78 is 47.9. The zero-order chi connectivity index (χ0) is 17.6. The van der Waals surface area contributed by atoms with Crippen molar-refractivity contribution in [2.75, 3.05) is 19.8 Å². The number of hydrogen-bond donors (Lipinski definition) is 2. The van der Waals surface area contributed by atoms with E-state index >= 15 is 0 Å². The molecule has 0 spiro atoms. The van der Waals surface area contributed by atoms with Crippen molar-refractivity contribution in [3.8, 4) is 5.88 Å². The summed E-state index contributed by atoms with van der Waals surface area (Å²) in [6, 6.07) is 2.28. The lowest BCUT2D eigenvalue weighted by atomic mass is 10.1. The Balaban J connectivity index is 0.000000256. The van der Waals surface area contributed by atoms with Crippen LogP contribution in [0.25, 0.3) is 0 Å². The summed E-state index contributed by atoms with van der Waals surface area (Å²) in [5.74, 6) is -0.684. The molecule has 136 valence electrons. The Morgan fingerprint density at radius 2 is 2.04 bits per heavy atom. The van der Waals surface area contributed by atoms with E-state index in [9.17, 15) is 13.2 Å². The van der Waals surface area contributed by atoms with E-state index < -0.39 is 12.1 Å². The molecule has 10 heteroatoms. The molecule has 2 heterocycles. The molecule has 1 aliphatic heterocycles. The van der Waals surface area contributed by atoms with E-state index in [0.29, 0.717) is 25.1 Å². The molecule has 2 fully saturated rings. The largest absolute Gasteiger partial charge is 0.490 e. The van der Waals surface area contributed by atoms with Crippen LogP contribution >= 0.6 is 0 Å². The van der Waals surface area contributed by atoms with E-state index in [4.69, 9.17) is 23.9 Å². The number of alkyl halides is 3. The molecule has 3 rings (SSSR count). The molecule has 1 saturated heterocycles. The normalized spacial score (nSPS) is 19.9. The predicted octanol–water partition coefficient (Wildman–Crippen LogP) is 1.98. The van der Waals surface area contributed by atoms with Gasteiger partial charge < -0.3 is 24.4 Å². The molecule has 0 amide bonds. The Morgan fingerprint density at radius 1 is 1.38 bits per heavy atom. The first-order valence-electron chi connectivity index (χ1n) is 7.54. The summed E-state index contributed by atoms with van der Waals surface area (Å²) in [4.78, 5) is 8.90. The van der Waals surface area contributed by atoms with Crippen molar-refractivity contribution in [2.45, 2.75) is 38.1 Å². The van der Waals surface area contributed by atoms with E-state index in [1.165, 1.54) is 19.3 Å². The molecule has 0 unspecified atom stereocenters. The zero-order valence-corrected chi connectivity index (χ0v) is 12.8. The van der Waals surface area contributed by atoms with Crippen LogP contribution in [0.2, 0.25) is 0 Å². The van der Waals surface area contributed by atoms with Crippen LogP contribution in [0.1, 0.15) is 25.0 Å². The maximum absolute atomic E-state index is 10.6. The minimum absolute atomic E-state index is 0.473. The van der Waals surface area contributed by atoms with Crippen molar-refractivity contribution in [3.63, 3.8) is 0 Å². The summed E-state index contributed by atoms with van der Waals surface area (Å²) in [5, 5.41) is 14.2. The predicted molar refractivity (Wildman–Crippen MR) is 74.5 cm³/mol. The van der Waals surface area contributed by atoms with Gasteiger partial charge in [0.25, 0.3) is 5.88 Å². The van der Waals surface area contributed by atoms with Gasteiger partial charge >= 0.3 is 12.1 Å². The van der Waals surface area contributed by atoms with Crippen LogP contribution in [0, 0.1) is 5.92 Å². The highest BCUT2D eigenvalue weighted by molar-refractivity contribution is 5.73. The van der Waals surface area contributed by atoms with Crippen LogP contribution < -0.4 is 10.1 Å². The van der Waals surface area contributed by atoms with Crippen molar-refractivity contribution in [2.24, 2.45) is 5.92 Å². The lowest BCUT2D eigenvalue weighted by molar-refractivity contribution is -0.192.